The fraction of sp³-hybridized carbons (Fsp3) is 0.207. The monoisotopic (exact) mass is 888 g/mol. The third kappa shape index (κ3) is 7.58. The van der Waals surface area contributed by atoms with Gasteiger partial charge in [0.1, 0.15) is 16.9 Å². The predicted molar refractivity (Wildman–Crippen MR) is 185 cm³/mol. The first-order valence-electron chi connectivity index (χ1n) is 12.3. The van der Waals surface area contributed by atoms with Gasteiger partial charge in [0.15, 0.2) is 5.78 Å². The minimum Gasteiger partial charge on any atom is -0.507 e. The second-order valence-electron chi connectivity index (χ2n) is 9.32. The third-order valence-electron chi connectivity index (χ3n) is 6.38. The number of fused-ring (bicyclic) bond motifs is 2. The minimum atomic E-state index is -1.74. The molecule has 1 aliphatic carbocycles. The molecule has 0 saturated carbocycles. The van der Waals surface area contributed by atoms with Crippen molar-refractivity contribution in [3.05, 3.63) is 83.4 Å². The van der Waals surface area contributed by atoms with E-state index in [0.717, 1.165) is 15.4 Å². The summed E-state index contributed by atoms with van der Waals surface area (Å²) in [6.45, 7) is 3.03. The number of rotatable bonds is 2. The molecule has 0 radical (unpaired) electrons. The first-order valence-corrected chi connectivity index (χ1v) is 19.6. The van der Waals surface area contributed by atoms with Crippen LogP contribution in [0.25, 0.3) is 16.8 Å². The number of phenols is 1. The number of halogens is 5. The van der Waals surface area contributed by atoms with E-state index in [1.54, 1.807) is 36.4 Å². The average molecular weight is 890 g/mol. The zero-order valence-corrected chi connectivity index (χ0v) is 30.1. The van der Waals surface area contributed by atoms with Crippen LogP contribution in [-0.2, 0) is 28.7 Å². The quantitative estimate of drug-likeness (QED) is 0.0708. The Morgan fingerprint density at radius 3 is 1.98 bits per heavy atom. The van der Waals surface area contributed by atoms with Crippen LogP contribution in [0.1, 0.15) is 35.3 Å². The predicted octanol–water partition coefficient (Wildman–Crippen LogP) is 7.33. The smallest absolute Gasteiger partial charge is 0.357 e. The fourth-order valence-corrected chi connectivity index (χ4v) is 4.81. The van der Waals surface area contributed by atoms with E-state index < -0.39 is 40.1 Å². The molecule has 3 aromatic carbocycles. The number of phenolic OH excluding ortho intramolecular Hbond substituents is 1. The summed E-state index contributed by atoms with van der Waals surface area (Å²) >= 11 is 21.2. The summed E-state index contributed by atoms with van der Waals surface area (Å²) in [5.41, 5.74) is 0.398. The van der Waals surface area contributed by atoms with Gasteiger partial charge in [-0.05, 0) is 47.9 Å². The molecule has 1 atom stereocenters. The molecule has 3 amide bonds. The van der Waals surface area contributed by atoms with Gasteiger partial charge in [0.2, 0.25) is 4.87 Å². The average Bonchev–Trinajstić information content (AvgIpc) is 3.17. The highest BCUT2D eigenvalue weighted by Gasteiger charge is 2.51. The van der Waals surface area contributed by atoms with E-state index in [2.05, 4.69) is 46.7 Å². The maximum Gasteiger partial charge on any atom is 0.357 e. The lowest BCUT2D eigenvalue weighted by molar-refractivity contribution is -0.147. The number of aromatic hydroxyl groups is 1. The van der Waals surface area contributed by atoms with E-state index in [1.165, 1.54) is 40.2 Å². The second kappa shape index (κ2) is 16.1. The van der Waals surface area contributed by atoms with Crippen molar-refractivity contribution in [2.75, 3.05) is 14.2 Å². The Morgan fingerprint density at radius 2 is 1.45 bits per heavy atom. The maximum atomic E-state index is 11.8. The van der Waals surface area contributed by atoms with Gasteiger partial charge in [0.05, 0.1) is 14.2 Å². The van der Waals surface area contributed by atoms with E-state index in [1.807, 2.05) is 24.3 Å². The molecular weight excluding hydrogens is 864 g/mol. The maximum absolute atomic E-state index is 11.8. The summed E-state index contributed by atoms with van der Waals surface area (Å²) in [6.07, 6.45) is 2.94. The molecule has 0 aromatic heterocycles. The van der Waals surface area contributed by atoms with Gasteiger partial charge in [0, 0.05) is 60.8 Å². The number of carbonyl (C=O) groups excluding carboxylic acids is 5. The molecule has 1 fully saturated rings. The number of methoxy groups -OCH3 is 2. The summed E-state index contributed by atoms with van der Waals surface area (Å²) in [5, 5.41) is 11.2. The van der Waals surface area contributed by atoms with Crippen molar-refractivity contribution in [1.82, 2.24) is 8.84 Å². The number of esters is 2. The molecule has 1 aliphatic heterocycles. The standard InChI is InChI=1S/C12H9ClO3.C12H10O3.C5H6Cl2N2O2.I2/c1-16-11(15)12(13)9-5-3-2-4-8(9)6-7-10(12)14;1-15-12(14)11-9-5-3-2-4-8(9)6-7-10(11)13;1-5(2)3(10)8(6)4(11)9(5)7;1-2/h2-7H,1H3;2-7,13H,1H3;1-2H3;/t12-;;;/m0.../s1. The van der Waals surface area contributed by atoms with Crippen molar-refractivity contribution in [3.8, 4) is 5.75 Å². The molecule has 0 spiro atoms. The van der Waals surface area contributed by atoms with Crippen LogP contribution >= 0.6 is 72.4 Å². The molecule has 15 heteroatoms. The first kappa shape index (κ1) is 37.5. The number of hydrogen-bond acceptors (Lipinski definition) is 8. The molecule has 0 unspecified atom stereocenters. The Hall–Kier alpha value is -2.66. The van der Waals surface area contributed by atoms with Gasteiger partial charge in [-0.1, -0.05) is 72.3 Å². The molecule has 3 aromatic rings. The van der Waals surface area contributed by atoms with Crippen molar-refractivity contribution < 1.29 is 38.6 Å². The minimum absolute atomic E-state index is 0.0550. The van der Waals surface area contributed by atoms with Gasteiger partial charge < -0.3 is 14.6 Å². The van der Waals surface area contributed by atoms with Crippen LogP contribution in [0.2, 0.25) is 0 Å². The summed E-state index contributed by atoms with van der Waals surface area (Å²) in [6, 6.07) is 16.9. The van der Waals surface area contributed by atoms with Crippen LogP contribution in [0.15, 0.2) is 66.7 Å². The number of ketones is 1. The molecule has 44 heavy (non-hydrogen) atoms. The van der Waals surface area contributed by atoms with Crippen molar-refractivity contribution in [1.29, 1.82) is 0 Å². The van der Waals surface area contributed by atoms with Gasteiger partial charge in [-0.25, -0.2) is 18.8 Å². The molecule has 10 nitrogen and oxygen atoms in total. The molecule has 2 aliphatic rings. The fourth-order valence-electron chi connectivity index (χ4n) is 4.02. The Balaban J connectivity index is 0.000000227. The van der Waals surface area contributed by atoms with Crippen molar-refractivity contribution in [3.63, 3.8) is 0 Å². The molecular formula is C29H25Cl3I2N2O8. The van der Waals surface area contributed by atoms with Gasteiger partial charge in [-0.15, -0.1) is 0 Å². The summed E-state index contributed by atoms with van der Waals surface area (Å²) in [4.78, 5) is 55.1. The van der Waals surface area contributed by atoms with Gasteiger partial charge >= 0.3 is 18.0 Å². The number of nitrogens with zero attached hydrogens (tertiary/aromatic N) is 2. The topological polar surface area (TPSA) is 131 Å². The highest BCUT2D eigenvalue weighted by molar-refractivity contribution is 15.0. The van der Waals surface area contributed by atoms with Crippen LogP contribution in [0.5, 0.6) is 5.75 Å². The number of imide groups is 1. The number of alkyl halides is 1. The van der Waals surface area contributed by atoms with Crippen LogP contribution in [0.4, 0.5) is 4.79 Å². The van der Waals surface area contributed by atoms with Crippen molar-refractivity contribution >= 4 is 119 Å². The Labute approximate surface area is 291 Å². The SMILES string of the molecule is CC1(C)C(=O)N(Cl)C(=O)N1Cl.COC(=O)[C@@]1(Cl)C(=O)C=Cc2ccccc21.COC(=O)c1c(O)ccc2ccccc12.II. The van der Waals surface area contributed by atoms with E-state index in [0.29, 0.717) is 15.4 Å². The number of hydrogen-bond donors (Lipinski definition) is 1. The molecule has 0 bridgehead atoms. The van der Waals surface area contributed by atoms with Crippen LogP contribution in [-0.4, -0.2) is 63.4 Å². The number of benzene rings is 3. The molecule has 1 N–H and O–H groups in total. The van der Waals surface area contributed by atoms with E-state index in [-0.39, 0.29) is 11.3 Å². The summed E-state index contributed by atoms with van der Waals surface area (Å²) in [5.74, 6) is -2.32. The zero-order chi connectivity index (χ0) is 33.4. The Morgan fingerprint density at radius 1 is 0.864 bits per heavy atom. The lowest BCUT2D eigenvalue weighted by Crippen LogP contribution is -2.40. The number of allylic oxidation sites excluding steroid dienone is 1. The highest BCUT2D eigenvalue weighted by Crippen LogP contribution is 2.38. The van der Waals surface area contributed by atoms with Crippen LogP contribution < -0.4 is 0 Å². The zero-order valence-electron chi connectivity index (χ0n) is 23.5. The number of ether oxygens (including phenoxy) is 2. The van der Waals surface area contributed by atoms with E-state index >= 15 is 0 Å². The van der Waals surface area contributed by atoms with Crippen LogP contribution in [0, 0.1) is 0 Å². The number of amides is 3. The van der Waals surface area contributed by atoms with Gasteiger partial charge in [0.25, 0.3) is 5.91 Å². The van der Waals surface area contributed by atoms with Crippen molar-refractivity contribution in [2.45, 2.75) is 24.3 Å². The first-order chi connectivity index (χ1) is 20.7. The lowest BCUT2D eigenvalue weighted by atomic mass is 9.85. The number of carbonyl (C=O) groups is 5. The Kier molecular flexibility index (Phi) is 13.7. The van der Waals surface area contributed by atoms with Gasteiger partial charge in [-0.3, -0.25) is 9.59 Å². The molecule has 1 heterocycles. The van der Waals surface area contributed by atoms with Crippen LogP contribution in [0.3, 0.4) is 0 Å². The molecule has 1 saturated heterocycles. The lowest BCUT2D eigenvalue weighted by Gasteiger charge is -2.26. The highest BCUT2D eigenvalue weighted by atomic mass is 128. The van der Waals surface area contributed by atoms with Crippen molar-refractivity contribution in [2.24, 2.45) is 0 Å². The second-order valence-corrected chi connectivity index (χ2v) is 10.6. The van der Waals surface area contributed by atoms with E-state index in [9.17, 15) is 29.1 Å². The molecule has 234 valence electrons. The summed E-state index contributed by atoms with van der Waals surface area (Å²) in [7, 11) is 2.50. The number of urea groups is 1. The summed E-state index contributed by atoms with van der Waals surface area (Å²) < 4.78 is 10.5. The third-order valence-corrected chi connectivity index (χ3v) is 7.79. The Bertz CT molecular complexity index is 1620. The largest absolute Gasteiger partial charge is 0.507 e. The van der Waals surface area contributed by atoms with Gasteiger partial charge in [-0.2, -0.15) is 4.42 Å². The normalized spacial score (nSPS) is 17.7. The molecule has 5 rings (SSSR count). The van der Waals surface area contributed by atoms with E-state index in [4.69, 9.17) is 35.2 Å².